The van der Waals surface area contributed by atoms with E-state index in [0.717, 1.165) is 32.1 Å². The van der Waals surface area contributed by atoms with Gasteiger partial charge < -0.3 is 4.74 Å². The number of unbranched alkanes of at least 4 members (excludes halogenated alkanes) is 10. The van der Waals surface area contributed by atoms with Crippen molar-refractivity contribution in [1.29, 1.82) is 0 Å². The minimum Gasteiger partial charge on any atom is -0.379 e. The first-order chi connectivity index (χ1) is 15.7. The van der Waals surface area contributed by atoms with Gasteiger partial charge in [0.15, 0.2) is 23.3 Å². The summed E-state index contributed by atoms with van der Waals surface area (Å²) in [5.41, 5.74) is -0.845. The Kier molecular flexibility index (Phi) is 14.2. The summed E-state index contributed by atoms with van der Waals surface area (Å²) in [5, 5.41) is 0. The Hall–Kier alpha value is -1.17. The molecule has 0 amide bonds. The molecule has 0 fully saturated rings. The van der Waals surface area contributed by atoms with Crippen molar-refractivity contribution in [1.82, 2.24) is 0 Å². The summed E-state index contributed by atoms with van der Waals surface area (Å²) in [5.74, 6) is -8.72. The molecule has 1 aromatic carbocycles. The molecule has 0 spiro atoms. The average Bonchev–Trinajstić information content (AvgIpc) is 2.80. The topological polar surface area (TPSA) is 9.23 Å². The maximum absolute atomic E-state index is 13.7. The van der Waals surface area contributed by atoms with E-state index < -0.39 is 34.6 Å². The van der Waals surface area contributed by atoms with Gasteiger partial charge in [-0.2, -0.15) is 0 Å². The van der Waals surface area contributed by atoms with Crippen molar-refractivity contribution in [3.8, 4) is 0 Å². The first-order valence-corrected chi connectivity index (χ1v) is 12.7. The van der Waals surface area contributed by atoms with Crippen molar-refractivity contribution in [3.63, 3.8) is 0 Å². The Bertz CT molecular complexity index is 661. The number of hydrogen-bond donors (Lipinski definition) is 0. The highest BCUT2D eigenvalue weighted by molar-refractivity contribution is 5.24. The summed E-state index contributed by atoms with van der Waals surface area (Å²) in [6, 6.07) is 0. The highest BCUT2D eigenvalue weighted by Gasteiger charge is 2.28. The molecule has 0 saturated carbocycles. The molecule has 0 aliphatic heterocycles. The molecule has 0 aromatic heterocycles. The van der Waals surface area contributed by atoms with Crippen molar-refractivity contribution < 1.29 is 26.7 Å². The van der Waals surface area contributed by atoms with Crippen molar-refractivity contribution in [2.45, 2.75) is 123 Å². The van der Waals surface area contributed by atoms with E-state index in [1.54, 1.807) is 7.11 Å². The van der Waals surface area contributed by atoms with Crippen LogP contribution in [-0.4, -0.2) is 12.7 Å². The van der Waals surface area contributed by atoms with Crippen LogP contribution in [0.25, 0.3) is 0 Å². The Morgan fingerprint density at radius 3 is 1.45 bits per heavy atom. The molecule has 6 heteroatoms. The third-order valence-electron chi connectivity index (χ3n) is 6.95. The number of benzene rings is 1. The molecule has 0 bridgehead atoms. The Morgan fingerprint density at radius 1 is 0.606 bits per heavy atom. The Balaban J connectivity index is 2.30. The zero-order chi connectivity index (χ0) is 24.9. The normalized spacial score (nSPS) is 13.0. The Morgan fingerprint density at radius 2 is 1.00 bits per heavy atom. The van der Waals surface area contributed by atoms with Gasteiger partial charge in [-0.05, 0) is 45.4 Å². The molecule has 1 rings (SSSR count). The lowest BCUT2D eigenvalue weighted by molar-refractivity contribution is -0.0352. The fourth-order valence-electron chi connectivity index (χ4n) is 4.45. The third kappa shape index (κ3) is 9.92. The van der Waals surface area contributed by atoms with E-state index in [2.05, 4.69) is 20.8 Å². The van der Waals surface area contributed by atoms with Gasteiger partial charge in [-0.3, -0.25) is 0 Å². The van der Waals surface area contributed by atoms with Crippen LogP contribution in [0, 0.1) is 35.0 Å². The average molecular weight is 479 g/mol. The summed E-state index contributed by atoms with van der Waals surface area (Å²) in [7, 11) is 1.78. The van der Waals surface area contributed by atoms with E-state index in [-0.39, 0.29) is 12.0 Å². The molecule has 1 unspecified atom stereocenters. The quantitative estimate of drug-likeness (QED) is 0.0883. The van der Waals surface area contributed by atoms with Gasteiger partial charge in [0.1, 0.15) is 0 Å². The van der Waals surface area contributed by atoms with Crippen LogP contribution in [0.1, 0.15) is 116 Å². The maximum Gasteiger partial charge on any atom is 0.200 e. The van der Waals surface area contributed by atoms with Crippen molar-refractivity contribution in [2.24, 2.45) is 5.92 Å². The summed E-state index contributed by atoms with van der Waals surface area (Å²) in [6.45, 7) is 6.55. The highest BCUT2D eigenvalue weighted by atomic mass is 19.2. The lowest BCUT2D eigenvalue weighted by atomic mass is 9.82. The van der Waals surface area contributed by atoms with Gasteiger partial charge in [-0.15, -0.1) is 0 Å². The molecule has 0 heterocycles. The minimum absolute atomic E-state index is 0.142. The van der Waals surface area contributed by atoms with Crippen LogP contribution in [0.4, 0.5) is 22.0 Å². The van der Waals surface area contributed by atoms with Crippen molar-refractivity contribution >= 4 is 0 Å². The summed E-state index contributed by atoms with van der Waals surface area (Å²) in [6.07, 6.45) is 15.0. The summed E-state index contributed by atoms with van der Waals surface area (Å²) in [4.78, 5) is 0. The molecule has 33 heavy (non-hydrogen) atoms. The van der Waals surface area contributed by atoms with Crippen LogP contribution in [0.5, 0.6) is 0 Å². The van der Waals surface area contributed by atoms with Crippen LogP contribution in [0.2, 0.25) is 0 Å². The van der Waals surface area contributed by atoms with E-state index in [1.807, 2.05) is 0 Å². The first kappa shape index (κ1) is 29.9. The van der Waals surface area contributed by atoms with Crippen LogP contribution in [0.3, 0.4) is 0 Å². The molecule has 0 radical (unpaired) electrons. The van der Waals surface area contributed by atoms with Gasteiger partial charge in [0, 0.05) is 12.7 Å². The molecule has 1 aromatic rings. The predicted molar refractivity (Wildman–Crippen MR) is 125 cm³/mol. The van der Waals surface area contributed by atoms with Gasteiger partial charge in [0.25, 0.3) is 0 Å². The highest BCUT2D eigenvalue weighted by Crippen LogP contribution is 2.31. The monoisotopic (exact) mass is 478 g/mol. The molecule has 0 N–H and O–H groups in total. The van der Waals surface area contributed by atoms with Crippen molar-refractivity contribution in [3.05, 3.63) is 34.6 Å². The molecular weight excluding hydrogens is 435 g/mol. The zero-order valence-electron chi connectivity index (χ0n) is 21.0. The van der Waals surface area contributed by atoms with Crippen LogP contribution in [-0.2, 0) is 11.2 Å². The number of methoxy groups -OCH3 is 1. The SMILES string of the molecule is CCCCCCCCC(CCCCCCCCc1c(F)c(F)c(F)c(F)c1F)C(C)(C)OC. The van der Waals surface area contributed by atoms with E-state index in [9.17, 15) is 22.0 Å². The first-order valence-electron chi connectivity index (χ1n) is 12.7. The standard InChI is InChI=1S/C27H43F5O/c1-5-6-7-8-11-14-17-20(27(2,3)33-4)18-15-12-9-10-13-16-19-21-22(28)24(30)26(32)25(31)23(21)29/h20H,5-19H2,1-4H3. The largest absolute Gasteiger partial charge is 0.379 e. The summed E-state index contributed by atoms with van der Waals surface area (Å²) >= 11 is 0. The third-order valence-corrected chi connectivity index (χ3v) is 6.95. The molecule has 1 atom stereocenters. The minimum atomic E-state index is -2.10. The van der Waals surface area contributed by atoms with Crippen LogP contribution >= 0.6 is 0 Å². The van der Waals surface area contributed by atoms with Gasteiger partial charge in [0.2, 0.25) is 5.82 Å². The van der Waals surface area contributed by atoms with E-state index in [4.69, 9.17) is 4.74 Å². The fourth-order valence-corrected chi connectivity index (χ4v) is 4.45. The number of rotatable bonds is 18. The summed E-state index contributed by atoms with van der Waals surface area (Å²) < 4.78 is 72.8. The molecule has 0 saturated heterocycles. The van der Waals surface area contributed by atoms with Crippen LogP contribution in [0.15, 0.2) is 0 Å². The van der Waals surface area contributed by atoms with Gasteiger partial charge in [-0.25, -0.2) is 22.0 Å². The van der Waals surface area contributed by atoms with E-state index >= 15 is 0 Å². The maximum atomic E-state index is 13.7. The lowest BCUT2D eigenvalue weighted by Crippen LogP contribution is -2.33. The lowest BCUT2D eigenvalue weighted by Gasteiger charge is -2.33. The second kappa shape index (κ2) is 15.7. The molecule has 0 aliphatic carbocycles. The van der Waals surface area contributed by atoms with Gasteiger partial charge in [-0.1, -0.05) is 77.6 Å². The number of hydrogen-bond acceptors (Lipinski definition) is 1. The molecule has 0 aliphatic rings. The van der Waals surface area contributed by atoms with Crippen molar-refractivity contribution in [2.75, 3.05) is 7.11 Å². The predicted octanol–water partition coefficient (Wildman–Crippen LogP) is 9.45. The van der Waals surface area contributed by atoms with E-state index in [0.29, 0.717) is 18.8 Å². The fraction of sp³-hybridized carbons (Fsp3) is 0.778. The second-order valence-electron chi connectivity index (χ2n) is 9.77. The second-order valence-corrected chi connectivity index (χ2v) is 9.77. The van der Waals surface area contributed by atoms with Gasteiger partial charge >= 0.3 is 0 Å². The van der Waals surface area contributed by atoms with E-state index in [1.165, 1.54) is 44.9 Å². The van der Waals surface area contributed by atoms with Gasteiger partial charge in [0.05, 0.1) is 5.60 Å². The molecular formula is C27H43F5O. The van der Waals surface area contributed by atoms with Crippen LogP contribution < -0.4 is 0 Å². The number of halogens is 5. The smallest absolute Gasteiger partial charge is 0.200 e. The molecule has 192 valence electrons. The Labute approximate surface area is 197 Å². The molecule has 1 nitrogen and oxygen atoms in total. The zero-order valence-corrected chi connectivity index (χ0v) is 21.0. The number of ether oxygens (including phenoxy) is 1.